The van der Waals surface area contributed by atoms with Crippen molar-refractivity contribution in [3.63, 3.8) is 0 Å². The van der Waals surface area contributed by atoms with E-state index in [-0.39, 0.29) is 5.78 Å². The molecule has 0 saturated carbocycles. The lowest BCUT2D eigenvalue weighted by atomic mass is 9.93. The Morgan fingerprint density at radius 2 is 1.68 bits per heavy atom. The molecule has 0 fully saturated rings. The lowest BCUT2D eigenvalue weighted by Crippen LogP contribution is -2.07. The van der Waals surface area contributed by atoms with Gasteiger partial charge in [0.25, 0.3) is 0 Å². The summed E-state index contributed by atoms with van der Waals surface area (Å²) in [6, 6.07) is 9.45. The van der Waals surface area contributed by atoms with E-state index in [1.807, 2.05) is 45.0 Å². The van der Waals surface area contributed by atoms with Gasteiger partial charge in [0.05, 0.1) is 5.02 Å². The highest BCUT2D eigenvalue weighted by Gasteiger charge is 2.18. The zero-order valence-electron chi connectivity index (χ0n) is 11.1. The van der Waals surface area contributed by atoms with Crippen LogP contribution in [0.5, 0.6) is 0 Å². The smallest absolute Gasteiger partial charge is 0.195 e. The second-order valence-electron chi connectivity index (χ2n) is 4.70. The Kier molecular flexibility index (Phi) is 4.12. The van der Waals surface area contributed by atoms with Crippen molar-refractivity contribution in [3.05, 3.63) is 67.6 Å². The minimum Gasteiger partial charge on any atom is -0.289 e. The van der Waals surface area contributed by atoms with Gasteiger partial charge in [0, 0.05) is 15.6 Å². The fraction of sp³-hybridized carbons (Fsp3) is 0.188. The average molecular weight is 338 g/mol. The monoisotopic (exact) mass is 336 g/mol. The van der Waals surface area contributed by atoms with Crippen LogP contribution >= 0.6 is 27.5 Å². The summed E-state index contributed by atoms with van der Waals surface area (Å²) in [6.07, 6.45) is 0. The summed E-state index contributed by atoms with van der Waals surface area (Å²) >= 11 is 9.56. The van der Waals surface area contributed by atoms with Gasteiger partial charge in [-0.3, -0.25) is 4.79 Å². The van der Waals surface area contributed by atoms with Crippen LogP contribution in [0.3, 0.4) is 0 Å². The molecular weight excluding hydrogens is 324 g/mol. The highest BCUT2D eigenvalue weighted by molar-refractivity contribution is 9.10. The Hall–Kier alpha value is -1.12. The molecule has 98 valence electrons. The molecule has 0 saturated heterocycles. The molecule has 2 rings (SSSR count). The van der Waals surface area contributed by atoms with Crippen LogP contribution in [0.4, 0.5) is 0 Å². The Labute approximate surface area is 126 Å². The number of ketones is 1. The van der Waals surface area contributed by atoms with Crippen molar-refractivity contribution in [1.29, 1.82) is 0 Å². The maximum absolute atomic E-state index is 12.7. The topological polar surface area (TPSA) is 17.1 Å². The lowest BCUT2D eigenvalue weighted by molar-refractivity contribution is 0.103. The fourth-order valence-corrected chi connectivity index (χ4v) is 2.93. The largest absolute Gasteiger partial charge is 0.289 e. The van der Waals surface area contributed by atoms with E-state index in [4.69, 9.17) is 11.6 Å². The molecule has 0 aliphatic carbocycles. The predicted octanol–water partition coefficient (Wildman–Crippen LogP) is 5.26. The molecule has 0 spiro atoms. The number of rotatable bonds is 2. The number of hydrogen-bond donors (Lipinski definition) is 0. The second-order valence-corrected chi connectivity index (χ2v) is 5.94. The van der Waals surface area contributed by atoms with Crippen molar-refractivity contribution in [2.24, 2.45) is 0 Å². The summed E-state index contributed by atoms with van der Waals surface area (Å²) < 4.78 is 0.738. The van der Waals surface area contributed by atoms with Crippen LogP contribution in [-0.4, -0.2) is 5.78 Å². The van der Waals surface area contributed by atoms with Crippen LogP contribution < -0.4 is 0 Å². The second kappa shape index (κ2) is 5.48. The molecule has 0 heterocycles. The van der Waals surface area contributed by atoms with Crippen LogP contribution in [0.25, 0.3) is 0 Å². The third-order valence-corrected chi connectivity index (χ3v) is 4.40. The Morgan fingerprint density at radius 1 is 1.11 bits per heavy atom. The summed E-state index contributed by atoms with van der Waals surface area (Å²) in [4.78, 5) is 12.7. The number of hydrogen-bond acceptors (Lipinski definition) is 1. The number of aryl methyl sites for hydroxylation is 3. The van der Waals surface area contributed by atoms with Crippen molar-refractivity contribution >= 4 is 33.3 Å². The van der Waals surface area contributed by atoms with Gasteiger partial charge in [0.15, 0.2) is 5.78 Å². The first-order valence-electron chi connectivity index (χ1n) is 5.98. The minimum absolute atomic E-state index is 0.0266. The zero-order chi connectivity index (χ0) is 14.2. The SMILES string of the molecule is Cc1cc(C)c(C(=O)c2cccc(Br)c2Cl)c(C)c1. The van der Waals surface area contributed by atoms with E-state index in [1.165, 1.54) is 0 Å². The van der Waals surface area contributed by atoms with Gasteiger partial charge in [-0.1, -0.05) is 35.4 Å². The zero-order valence-corrected chi connectivity index (χ0v) is 13.4. The van der Waals surface area contributed by atoms with E-state index in [9.17, 15) is 4.79 Å². The standard InChI is InChI=1S/C16H14BrClO/c1-9-7-10(2)14(11(3)8-9)16(19)12-5-4-6-13(17)15(12)18/h4-8H,1-3H3. The summed E-state index contributed by atoms with van der Waals surface area (Å²) in [7, 11) is 0. The van der Waals surface area contributed by atoms with Crippen molar-refractivity contribution in [2.45, 2.75) is 20.8 Å². The average Bonchev–Trinajstić information content (AvgIpc) is 2.31. The van der Waals surface area contributed by atoms with E-state index in [1.54, 1.807) is 6.07 Å². The first kappa shape index (κ1) is 14.3. The highest BCUT2D eigenvalue weighted by atomic mass is 79.9. The van der Waals surface area contributed by atoms with Gasteiger partial charge in [0.2, 0.25) is 0 Å². The van der Waals surface area contributed by atoms with E-state index in [2.05, 4.69) is 15.9 Å². The molecule has 2 aromatic rings. The van der Waals surface area contributed by atoms with Crippen LogP contribution in [0.1, 0.15) is 32.6 Å². The van der Waals surface area contributed by atoms with Gasteiger partial charge < -0.3 is 0 Å². The predicted molar refractivity (Wildman–Crippen MR) is 83.2 cm³/mol. The fourth-order valence-electron chi connectivity index (χ4n) is 2.35. The first-order valence-corrected chi connectivity index (χ1v) is 7.15. The Bertz CT molecular complexity index is 639. The summed E-state index contributed by atoms with van der Waals surface area (Å²) in [6.45, 7) is 5.94. The van der Waals surface area contributed by atoms with Crippen molar-refractivity contribution < 1.29 is 4.79 Å². The van der Waals surface area contributed by atoms with Gasteiger partial charge >= 0.3 is 0 Å². The number of benzene rings is 2. The Balaban J connectivity index is 2.60. The highest BCUT2D eigenvalue weighted by Crippen LogP contribution is 2.29. The molecule has 0 N–H and O–H groups in total. The van der Waals surface area contributed by atoms with Gasteiger partial charge in [-0.05, 0) is 60.0 Å². The minimum atomic E-state index is -0.0266. The van der Waals surface area contributed by atoms with E-state index in [0.29, 0.717) is 10.6 Å². The quantitative estimate of drug-likeness (QED) is 0.683. The summed E-state index contributed by atoms with van der Waals surface area (Å²) in [5.41, 5.74) is 4.40. The van der Waals surface area contributed by atoms with Crippen molar-refractivity contribution in [3.8, 4) is 0 Å². The molecule has 0 bridgehead atoms. The molecule has 0 aliphatic heterocycles. The molecule has 0 atom stereocenters. The van der Waals surface area contributed by atoms with E-state index >= 15 is 0 Å². The van der Waals surface area contributed by atoms with Crippen molar-refractivity contribution in [1.82, 2.24) is 0 Å². The molecule has 19 heavy (non-hydrogen) atoms. The molecular formula is C16H14BrClO. The molecule has 3 heteroatoms. The molecule has 0 aromatic heterocycles. The molecule has 0 aliphatic rings. The maximum Gasteiger partial charge on any atom is 0.195 e. The Morgan fingerprint density at radius 3 is 2.26 bits per heavy atom. The maximum atomic E-state index is 12.7. The van der Waals surface area contributed by atoms with E-state index in [0.717, 1.165) is 26.7 Å². The van der Waals surface area contributed by atoms with Gasteiger partial charge in [0.1, 0.15) is 0 Å². The number of carbonyl (C=O) groups is 1. The van der Waals surface area contributed by atoms with Crippen LogP contribution in [0, 0.1) is 20.8 Å². The van der Waals surface area contributed by atoms with E-state index < -0.39 is 0 Å². The summed E-state index contributed by atoms with van der Waals surface area (Å²) in [5.74, 6) is -0.0266. The third kappa shape index (κ3) is 2.75. The molecule has 0 amide bonds. The summed E-state index contributed by atoms with van der Waals surface area (Å²) in [5, 5.41) is 0.465. The molecule has 0 unspecified atom stereocenters. The molecule has 2 aromatic carbocycles. The number of halogens is 2. The van der Waals surface area contributed by atoms with Crippen LogP contribution in [0.15, 0.2) is 34.8 Å². The van der Waals surface area contributed by atoms with Gasteiger partial charge in [-0.25, -0.2) is 0 Å². The van der Waals surface area contributed by atoms with Gasteiger partial charge in [-0.15, -0.1) is 0 Å². The van der Waals surface area contributed by atoms with Crippen molar-refractivity contribution in [2.75, 3.05) is 0 Å². The normalized spacial score (nSPS) is 10.6. The van der Waals surface area contributed by atoms with Crippen LogP contribution in [-0.2, 0) is 0 Å². The first-order chi connectivity index (χ1) is 8.91. The number of carbonyl (C=O) groups excluding carboxylic acids is 1. The van der Waals surface area contributed by atoms with Crippen LogP contribution in [0.2, 0.25) is 5.02 Å². The van der Waals surface area contributed by atoms with Gasteiger partial charge in [-0.2, -0.15) is 0 Å². The third-order valence-electron chi connectivity index (χ3n) is 3.10. The molecule has 0 radical (unpaired) electrons. The molecule has 1 nitrogen and oxygen atoms in total. The lowest BCUT2D eigenvalue weighted by Gasteiger charge is -2.11.